The summed E-state index contributed by atoms with van der Waals surface area (Å²) in [6, 6.07) is 33.1. The molecule has 0 heteroatoms. The predicted molar refractivity (Wildman–Crippen MR) is 101 cm³/mol. The maximum atomic E-state index is 2.34. The predicted octanol–water partition coefficient (Wildman–Crippen LogP) is 6.19. The van der Waals surface area contributed by atoms with Crippen LogP contribution in [0.3, 0.4) is 0 Å². The van der Waals surface area contributed by atoms with Crippen LogP contribution in [-0.4, -0.2) is 0 Å². The standard InChI is InChI=1S/C24H18/c1-2-8-17(9-3-1)16-23-20-12-6-7-13-21(20)24-19-11-5-4-10-18(19)14-15-22(23)24/h1-15,23H,16H2. The van der Waals surface area contributed by atoms with E-state index in [2.05, 4.69) is 91.0 Å². The van der Waals surface area contributed by atoms with Gasteiger partial charge in [-0.25, -0.2) is 0 Å². The van der Waals surface area contributed by atoms with Crippen LogP contribution in [0.15, 0.2) is 91.0 Å². The molecule has 1 aliphatic carbocycles. The summed E-state index contributed by atoms with van der Waals surface area (Å²) in [7, 11) is 0. The van der Waals surface area contributed by atoms with Crippen LogP contribution in [-0.2, 0) is 6.42 Å². The Hall–Kier alpha value is -2.86. The van der Waals surface area contributed by atoms with Crippen molar-refractivity contribution in [1.29, 1.82) is 0 Å². The van der Waals surface area contributed by atoms with Crippen molar-refractivity contribution in [3.8, 4) is 11.1 Å². The summed E-state index contributed by atoms with van der Waals surface area (Å²) in [5, 5.41) is 2.70. The van der Waals surface area contributed by atoms with Gasteiger partial charge in [0.15, 0.2) is 0 Å². The largest absolute Gasteiger partial charge is 0.0622 e. The molecule has 0 fully saturated rings. The van der Waals surface area contributed by atoms with Crippen molar-refractivity contribution >= 4 is 10.8 Å². The Kier molecular flexibility index (Phi) is 3.02. The van der Waals surface area contributed by atoms with Crippen LogP contribution in [0.25, 0.3) is 21.9 Å². The topological polar surface area (TPSA) is 0 Å². The van der Waals surface area contributed by atoms with E-state index < -0.39 is 0 Å². The zero-order chi connectivity index (χ0) is 15.9. The highest BCUT2D eigenvalue weighted by Gasteiger charge is 2.29. The van der Waals surface area contributed by atoms with E-state index in [0.29, 0.717) is 5.92 Å². The molecule has 1 aliphatic rings. The molecule has 24 heavy (non-hydrogen) atoms. The van der Waals surface area contributed by atoms with Gasteiger partial charge in [-0.3, -0.25) is 0 Å². The molecule has 0 nitrogen and oxygen atoms in total. The van der Waals surface area contributed by atoms with Crippen LogP contribution < -0.4 is 0 Å². The molecule has 0 saturated heterocycles. The maximum absolute atomic E-state index is 2.34. The average Bonchev–Trinajstić information content (AvgIpc) is 2.97. The lowest BCUT2D eigenvalue weighted by Crippen LogP contribution is -2.01. The molecule has 0 aliphatic heterocycles. The van der Waals surface area contributed by atoms with E-state index >= 15 is 0 Å². The normalized spacial score (nSPS) is 15.2. The SMILES string of the molecule is c1ccc(CC2c3ccccc3-c3c2ccc2ccccc32)cc1. The van der Waals surface area contributed by atoms with Crippen molar-refractivity contribution < 1.29 is 0 Å². The second kappa shape index (κ2) is 5.35. The third-order valence-corrected chi connectivity index (χ3v) is 5.22. The molecule has 1 unspecified atom stereocenters. The van der Waals surface area contributed by atoms with Gasteiger partial charge in [0.25, 0.3) is 0 Å². The van der Waals surface area contributed by atoms with Crippen LogP contribution in [0, 0.1) is 0 Å². The van der Waals surface area contributed by atoms with Crippen LogP contribution in [0.5, 0.6) is 0 Å². The molecule has 5 rings (SSSR count). The first kappa shape index (κ1) is 13.6. The van der Waals surface area contributed by atoms with E-state index in [1.165, 1.54) is 38.6 Å². The fourth-order valence-electron chi connectivity index (χ4n) is 4.15. The molecule has 0 aromatic heterocycles. The smallest absolute Gasteiger partial charge is 0.0142 e. The van der Waals surface area contributed by atoms with Gasteiger partial charge in [-0.2, -0.15) is 0 Å². The van der Waals surface area contributed by atoms with Gasteiger partial charge in [0, 0.05) is 5.92 Å². The monoisotopic (exact) mass is 306 g/mol. The van der Waals surface area contributed by atoms with Crippen molar-refractivity contribution in [1.82, 2.24) is 0 Å². The van der Waals surface area contributed by atoms with E-state index in [1.807, 2.05) is 0 Å². The van der Waals surface area contributed by atoms with E-state index in [9.17, 15) is 0 Å². The van der Waals surface area contributed by atoms with E-state index in [0.717, 1.165) is 6.42 Å². The number of hydrogen-bond acceptors (Lipinski definition) is 0. The molecule has 4 aromatic rings. The minimum Gasteiger partial charge on any atom is -0.0622 e. The van der Waals surface area contributed by atoms with Gasteiger partial charge in [-0.05, 0) is 45.0 Å². The molecule has 0 heterocycles. The lowest BCUT2D eigenvalue weighted by Gasteiger charge is -2.14. The summed E-state index contributed by atoms with van der Waals surface area (Å²) in [5.74, 6) is 0.447. The summed E-state index contributed by atoms with van der Waals surface area (Å²) in [4.78, 5) is 0. The Balaban J connectivity index is 1.75. The summed E-state index contributed by atoms with van der Waals surface area (Å²) in [5.41, 5.74) is 7.18. The van der Waals surface area contributed by atoms with Gasteiger partial charge in [0.05, 0.1) is 0 Å². The summed E-state index contributed by atoms with van der Waals surface area (Å²) in [6.07, 6.45) is 1.06. The van der Waals surface area contributed by atoms with Crippen molar-refractivity contribution in [2.45, 2.75) is 12.3 Å². The van der Waals surface area contributed by atoms with Gasteiger partial charge in [-0.15, -0.1) is 0 Å². The molecule has 114 valence electrons. The van der Waals surface area contributed by atoms with Gasteiger partial charge >= 0.3 is 0 Å². The summed E-state index contributed by atoms with van der Waals surface area (Å²) >= 11 is 0. The lowest BCUT2D eigenvalue weighted by molar-refractivity contribution is 0.828. The highest BCUT2D eigenvalue weighted by atomic mass is 14.3. The Morgan fingerprint density at radius 2 is 1.33 bits per heavy atom. The molecule has 0 radical (unpaired) electrons. The van der Waals surface area contributed by atoms with Crippen molar-refractivity contribution in [3.05, 3.63) is 108 Å². The van der Waals surface area contributed by atoms with E-state index in [4.69, 9.17) is 0 Å². The Morgan fingerprint density at radius 1 is 0.583 bits per heavy atom. The Morgan fingerprint density at radius 3 is 2.25 bits per heavy atom. The molecular formula is C24H18. The second-order valence-corrected chi connectivity index (χ2v) is 6.58. The fourth-order valence-corrected chi connectivity index (χ4v) is 4.15. The number of rotatable bonds is 2. The summed E-state index contributed by atoms with van der Waals surface area (Å²) < 4.78 is 0. The average molecular weight is 306 g/mol. The third kappa shape index (κ3) is 2.00. The first-order valence-electron chi connectivity index (χ1n) is 8.57. The maximum Gasteiger partial charge on any atom is 0.0142 e. The fraction of sp³-hybridized carbons (Fsp3) is 0.0833. The number of hydrogen-bond donors (Lipinski definition) is 0. The molecule has 0 amide bonds. The first-order chi connectivity index (χ1) is 11.9. The molecule has 1 atom stereocenters. The van der Waals surface area contributed by atoms with Crippen molar-refractivity contribution in [2.75, 3.05) is 0 Å². The van der Waals surface area contributed by atoms with Crippen LogP contribution in [0.4, 0.5) is 0 Å². The highest BCUT2D eigenvalue weighted by molar-refractivity contribution is 6.01. The quantitative estimate of drug-likeness (QED) is 0.414. The van der Waals surface area contributed by atoms with Gasteiger partial charge < -0.3 is 0 Å². The number of fused-ring (bicyclic) bond motifs is 5. The molecule has 0 saturated carbocycles. The van der Waals surface area contributed by atoms with Crippen molar-refractivity contribution in [3.63, 3.8) is 0 Å². The van der Waals surface area contributed by atoms with E-state index in [1.54, 1.807) is 0 Å². The van der Waals surface area contributed by atoms with Crippen LogP contribution in [0.1, 0.15) is 22.6 Å². The Bertz CT molecular complexity index is 1030. The Labute approximate surface area is 142 Å². The molecular weight excluding hydrogens is 288 g/mol. The highest BCUT2D eigenvalue weighted by Crippen LogP contribution is 2.48. The molecule has 0 N–H and O–H groups in total. The summed E-state index contributed by atoms with van der Waals surface area (Å²) in [6.45, 7) is 0. The first-order valence-corrected chi connectivity index (χ1v) is 8.57. The zero-order valence-electron chi connectivity index (χ0n) is 13.4. The zero-order valence-corrected chi connectivity index (χ0v) is 13.4. The lowest BCUT2D eigenvalue weighted by atomic mass is 9.89. The van der Waals surface area contributed by atoms with Gasteiger partial charge in [0.1, 0.15) is 0 Å². The second-order valence-electron chi connectivity index (χ2n) is 6.58. The minimum absolute atomic E-state index is 0.447. The van der Waals surface area contributed by atoms with E-state index in [-0.39, 0.29) is 0 Å². The minimum atomic E-state index is 0.447. The van der Waals surface area contributed by atoms with Crippen LogP contribution in [0.2, 0.25) is 0 Å². The van der Waals surface area contributed by atoms with Gasteiger partial charge in [-0.1, -0.05) is 91.0 Å². The molecule has 0 spiro atoms. The van der Waals surface area contributed by atoms with Crippen LogP contribution >= 0.6 is 0 Å². The third-order valence-electron chi connectivity index (χ3n) is 5.22. The molecule has 4 aromatic carbocycles. The van der Waals surface area contributed by atoms with Gasteiger partial charge in [0.2, 0.25) is 0 Å². The van der Waals surface area contributed by atoms with Crippen molar-refractivity contribution in [2.24, 2.45) is 0 Å². The molecule has 0 bridgehead atoms. The number of benzene rings is 4.